The fourth-order valence-corrected chi connectivity index (χ4v) is 6.12. The molecule has 0 radical (unpaired) electrons. The number of nitrogens with zero attached hydrogens (tertiary/aromatic N) is 7. The first-order valence-electron chi connectivity index (χ1n) is 15.1. The van der Waals surface area contributed by atoms with Crippen molar-refractivity contribution in [3.05, 3.63) is 77.5 Å². The largest absolute Gasteiger partial charge is 0.344 e. The van der Waals surface area contributed by atoms with Crippen molar-refractivity contribution in [3.63, 3.8) is 0 Å². The second-order valence-corrected chi connectivity index (χ2v) is 11.5. The number of amides is 3. The summed E-state index contributed by atoms with van der Waals surface area (Å²) in [5, 5.41) is 17.1. The van der Waals surface area contributed by atoms with Crippen LogP contribution >= 0.6 is 0 Å². The summed E-state index contributed by atoms with van der Waals surface area (Å²) in [4.78, 5) is 50.6. The van der Waals surface area contributed by atoms with E-state index in [1.165, 1.54) is 12.4 Å². The number of nitrogens with one attached hydrogen (secondary N) is 3. The van der Waals surface area contributed by atoms with E-state index in [2.05, 4.69) is 36.0 Å². The molecule has 3 amide bonds. The van der Waals surface area contributed by atoms with Crippen molar-refractivity contribution in [2.45, 2.75) is 45.2 Å². The van der Waals surface area contributed by atoms with E-state index in [4.69, 9.17) is 4.98 Å². The minimum Gasteiger partial charge on any atom is -0.344 e. The van der Waals surface area contributed by atoms with Gasteiger partial charge in [-0.05, 0) is 67.5 Å². The van der Waals surface area contributed by atoms with Crippen molar-refractivity contribution in [3.8, 4) is 16.9 Å². The average Bonchev–Trinajstić information content (AvgIpc) is 3.61. The number of imidazole rings is 1. The maximum absolute atomic E-state index is 13.8. The number of fused-ring (bicyclic) bond motifs is 4. The zero-order chi connectivity index (χ0) is 31.3. The van der Waals surface area contributed by atoms with Crippen LogP contribution in [0.25, 0.3) is 23.0 Å². The third kappa shape index (κ3) is 6.83. The van der Waals surface area contributed by atoms with Gasteiger partial charge in [0.15, 0.2) is 0 Å². The van der Waals surface area contributed by atoms with E-state index in [9.17, 15) is 14.4 Å². The third-order valence-electron chi connectivity index (χ3n) is 8.48. The lowest BCUT2D eigenvalue weighted by Gasteiger charge is -2.32. The summed E-state index contributed by atoms with van der Waals surface area (Å²) >= 11 is 0. The number of aromatic nitrogens is 6. The number of tetrazole rings is 1. The van der Waals surface area contributed by atoms with Crippen molar-refractivity contribution < 1.29 is 14.4 Å². The molecule has 4 aromatic rings. The van der Waals surface area contributed by atoms with Crippen LogP contribution in [0.5, 0.6) is 0 Å². The lowest BCUT2D eigenvalue weighted by atomic mass is 10.0. The Labute approximate surface area is 260 Å². The van der Waals surface area contributed by atoms with Crippen LogP contribution < -0.4 is 10.6 Å². The number of carbonyl (C=O) groups is 3. The van der Waals surface area contributed by atoms with Gasteiger partial charge in [0, 0.05) is 60.8 Å². The van der Waals surface area contributed by atoms with Crippen molar-refractivity contribution in [2.24, 2.45) is 0 Å². The molecule has 0 saturated carbocycles. The van der Waals surface area contributed by atoms with Crippen LogP contribution in [0.15, 0.2) is 54.9 Å². The highest BCUT2D eigenvalue weighted by Crippen LogP contribution is 2.28. The van der Waals surface area contributed by atoms with Gasteiger partial charge in [0.2, 0.25) is 18.2 Å². The molecule has 0 spiro atoms. The molecular formula is C32H36N10O3. The molecule has 2 aromatic heterocycles. The SMILES string of the molecule is Cc1ccc(-n2cnnn2)c(/C=C/C(=O)N[C@@H](CC(=O)N2CCN3CCC2CC3)c2nc(-c3ccc(NC=O)cc3)c(C)[nH]2)c1. The second kappa shape index (κ2) is 13.2. The maximum atomic E-state index is 13.8. The first-order valence-corrected chi connectivity index (χ1v) is 15.1. The van der Waals surface area contributed by atoms with Crippen LogP contribution in [0.2, 0.25) is 0 Å². The Hall–Kier alpha value is -5.17. The van der Waals surface area contributed by atoms with Crippen molar-refractivity contribution in [1.29, 1.82) is 0 Å². The number of benzene rings is 2. The first-order chi connectivity index (χ1) is 21.9. The van der Waals surface area contributed by atoms with E-state index in [1.807, 2.05) is 49.1 Å². The highest BCUT2D eigenvalue weighted by Gasteiger charge is 2.33. The van der Waals surface area contributed by atoms with Gasteiger partial charge in [-0.3, -0.25) is 14.4 Å². The van der Waals surface area contributed by atoms with Crippen LogP contribution in [0.4, 0.5) is 5.69 Å². The Bertz CT molecular complexity index is 1690. The number of hydrogen-bond donors (Lipinski definition) is 3. The molecule has 3 saturated heterocycles. The Balaban J connectivity index is 1.26. The van der Waals surface area contributed by atoms with Gasteiger partial charge in [-0.15, -0.1) is 5.10 Å². The Morgan fingerprint density at radius 3 is 2.60 bits per heavy atom. The fraction of sp³-hybridized carbons (Fsp3) is 0.344. The monoisotopic (exact) mass is 608 g/mol. The highest BCUT2D eigenvalue weighted by atomic mass is 16.2. The lowest BCUT2D eigenvalue weighted by Crippen LogP contribution is -2.43. The molecular weight excluding hydrogens is 572 g/mol. The molecule has 3 aliphatic heterocycles. The first kappa shape index (κ1) is 29.9. The summed E-state index contributed by atoms with van der Waals surface area (Å²) in [6.07, 6.45) is 7.30. The molecule has 0 aliphatic carbocycles. The number of piperidine rings is 1. The fourth-order valence-electron chi connectivity index (χ4n) is 6.12. The summed E-state index contributed by atoms with van der Waals surface area (Å²) in [5.41, 5.74) is 5.54. The zero-order valence-electron chi connectivity index (χ0n) is 25.3. The van der Waals surface area contributed by atoms with E-state index < -0.39 is 6.04 Å². The summed E-state index contributed by atoms with van der Waals surface area (Å²) < 4.78 is 1.54. The Morgan fingerprint density at radius 2 is 1.87 bits per heavy atom. The van der Waals surface area contributed by atoms with E-state index in [0.29, 0.717) is 30.2 Å². The van der Waals surface area contributed by atoms with Crippen LogP contribution in [0, 0.1) is 13.8 Å². The van der Waals surface area contributed by atoms with Gasteiger partial charge in [-0.25, -0.2) is 4.98 Å². The van der Waals surface area contributed by atoms with E-state index in [0.717, 1.165) is 60.5 Å². The molecule has 5 heterocycles. The Kier molecular flexibility index (Phi) is 8.78. The van der Waals surface area contributed by atoms with Crippen molar-refractivity contribution >= 4 is 30.0 Å². The zero-order valence-corrected chi connectivity index (χ0v) is 25.3. The summed E-state index contributed by atoms with van der Waals surface area (Å²) in [5.74, 6) is 0.137. The lowest BCUT2D eigenvalue weighted by molar-refractivity contribution is -0.134. The molecule has 2 aromatic carbocycles. The molecule has 2 bridgehead atoms. The number of rotatable bonds is 10. The highest BCUT2D eigenvalue weighted by molar-refractivity contribution is 5.93. The van der Waals surface area contributed by atoms with Gasteiger partial charge < -0.3 is 25.4 Å². The molecule has 3 N–H and O–H groups in total. The van der Waals surface area contributed by atoms with Crippen LogP contribution in [-0.4, -0.2) is 90.4 Å². The predicted molar refractivity (Wildman–Crippen MR) is 168 cm³/mol. The molecule has 13 heteroatoms. The molecule has 232 valence electrons. The quantitative estimate of drug-likeness (QED) is 0.184. The van der Waals surface area contributed by atoms with Crippen molar-refractivity contribution in [1.82, 2.24) is 45.3 Å². The number of hydrogen-bond acceptors (Lipinski definition) is 8. The number of anilines is 1. The molecule has 0 unspecified atom stereocenters. The van der Waals surface area contributed by atoms with Gasteiger partial charge in [0.25, 0.3) is 0 Å². The van der Waals surface area contributed by atoms with E-state index >= 15 is 0 Å². The second-order valence-electron chi connectivity index (χ2n) is 11.5. The average molecular weight is 609 g/mol. The Morgan fingerprint density at radius 1 is 1.07 bits per heavy atom. The van der Waals surface area contributed by atoms with Crippen LogP contribution in [0.1, 0.15) is 47.9 Å². The molecule has 1 atom stereocenters. The topological polar surface area (TPSA) is 154 Å². The van der Waals surface area contributed by atoms with E-state index in [-0.39, 0.29) is 24.3 Å². The number of H-pyrrole nitrogens is 1. The molecule has 7 rings (SSSR count). The predicted octanol–water partition coefficient (Wildman–Crippen LogP) is 2.80. The maximum Gasteiger partial charge on any atom is 0.244 e. The number of carbonyl (C=O) groups excluding carboxylic acids is 3. The molecule has 13 nitrogen and oxygen atoms in total. The van der Waals surface area contributed by atoms with E-state index in [1.54, 1.807) is 22.9 Å². The van der Waals surface area contributed by atoms with Gasteiger partial charge >= 0.3 is 0 Å². The summed E-state index contributed by atoms with van der Waals surface area (Å²) in [6, 6.07) is 12.6. The third-order valence-corrected chi connectivity index (χ3v) is 8.48. The van der Waals surface area contributed by atoms with Crippen LogP contribution in [0.3, 0.4) is 0 Å². The minimum absolute atomic E-state index is 0.00224. The number of aromatic amines is 1. The minimum atomic E-state index is -0.685. The standard InChI is InChI=1S/C32H36N10O3/c1-21-3-9-28(42-19-34-38-39-42)24(17-21)6-10-29(44)36-27(18-30(45)41-16-15-40-13-11-26(41)12-14-40)32-35-22(2)31(37-32)23-4-7-25(8-5-23)33-20-43/h3-10,17,19-20,26-27H,11-16,18H2,1-2H3,(H,33,43)(H,35,37)(H,36,44)/b10-6+/t27-/m0/s1. The molecule has 3 aliphatic rings. The summed E-state index contributed by atoms with van der Waals surface area (Å²) in [7, 11) is 0. The van der Waals surface area contributed by atoms with Gasteiger partial charge in [0.05, 0.1) is 23.8 Å². The normalized spacial score (nSPS) is 18.5. The molecule has 3 fully saturated rings. The summed E-state index contributed by atoms with van der Waals surface area (Å²) in [6.45, 7) is 7.43. The van der Waals surface area contributed by atoms with Gasteiger partial charge in [-0.2, -0.15) is 4.68 Å². The van der Waals surface area contributed by atoms with Gasteiger partial charge in [-0.1, -0.05) is 23.8 Å². The smallest absolute Gasteiger partial charge is 0.244 e. The van der Waals surface area contributed by atoms with Crippen molar-refractivity contribution in [2.75, 3.05) is 31.5 Å². The van der Waals surface area contributed by atoms with Gasteiger partial charge in [0.1, 0.15) is 12.2 Å². The molecule has 45 heavy (non-hydrogen) atoms. The van der Waals surface area contributed by atoms with Crippen LogP contribution in [-0.2, 0) is 14.4 Å². The number of aryl methyl sites for hydroxylation is 2.